The second-order valence-electron chi connectivity index (χ2n) is 11.9. The normalized spacial score (nSPS) is 23.4. The van der Waals surface area contributed by atoms with E-state index >= 15 is 0 Å². The molecule has 2 aromatic carbocycles. The van der Waals surface area contributed by atoms with Crippen LogP contribution in [0, 0.1) is 25.7 Å². The third kappa shape index (κ3) is 4.98. The molecule has 3 N–H and O–H groups in total. The zero-order valence-corrected chi connectivity index (χ0v) is 24.6. The molecule has 10 nitrogen and oxygen atoms in total. The Morgan fingerprint density at radius 1 is 1.05 bits per heavy atom. The lowest BCUT2D eigenvalue weighted by molar-refractivity contribution is -0.125. The van der Waals surface area contributed by atoms with Crippen LogP contribution in [0.3, 0.4) is 0 Å². The molecule has 40 heavy (non-hydrogen) atoms. The number of benzene rings is 1. The van der Waals surface area contributed by atoms with E-state index < -0.39 is 26.4 Å². The van der Waals surface area contributed by atoms with Gasteiger partial charge in [-0.3, -0.25) is 19.4 Å². The van der Waals surface area contributed by atoms with Crippen molar-refractivity contribution in [2.75, 3.05) is 36.5 Å². The fourth-order valence-corrected chi connectivity index (χ4v) is 7.98. The van der Waals surface area contributed by atoms with Gasteiger partial charge in [0.05, 0.1) is 5.75 Å². The highest BCUT2D eigenvalue weighted by Gasteiger charge is 2.48. The molecule has 0 radical (unpaired) electrons. The van der Waals surface area contributed by atoms with Gasteiger partial charge in [0.15, 0.2) is 0 Å². The molecule has 1 amide bonds. The summed E-state index contributed by atoms with van der Waals surface area (Å²) in [5, 5.41) is 3.04. The first-order valence-electron chi connectivity index (χ1n) is 14.1. The Morgan fingerprint density at radius 2 is 1.65 bits per heavy atom. The van der Waals surface area contributed by atoms with Gasteiger partial charge in [0.1, 0.15) is 22.7 Å². The number of sulfonamides is 1. The Morgan fingerprint density at radius 3 is 2.23 bits per heavy atom. The van der Waals surface area contributed by atoms with Gasteiger partial charge in [-0.05, 0) is 80.7 Å². The van der Waals surface area contributed by atoms with Crippen molar-refractivity contribution in [1.82, 2.24) is 9.62 Å². The molecule has 2 aromatic rings. The number of amidine groups is 1. The van der Waals surface area contributed by atoms with E-state index in [1.165, 1.54) is 4.31 Å². The Kier molecular flexibility index (Phi) is 7.41. The van der Waals surface area contributed by atoms with E-state index in [0.717, 1.165) is 48.2 Å². The molecule has 3 aliphatic rings. The average Bonchev–Trinajstić information content (AvgIpc) is 3.23. The number of hydrogen-bond donors (Lipinski definition) is 2. The standard InChI is InChI=1S/C29H39N5O5S/c1-17-5-7-20(8-6-17)27-31-28(37)29(32-27)10-12-34(13-11-29)40(38,39)14-9-22-18(2)15-21(16-19(22)3)33(4)24-23(30)25(35)26(24)36/h15-17,20H,5-14,30H2,1-4H3,(H,31,32,37). The number of aliphatic imine (C=N–C) groups is 1. The lowest BCUT2D eigenvalue weighted by Crippen LogP contribution is -2.51. The number of carbonyl (C=O) groups is 1. The van der Waals surface area contributed by atoms with Crippen LogP contribution in [0.1, 0.15) is 62.1 Å². The van der Waals surface area contributed by atoms with Crippen molar-refractivity contribution in [3.05, 3.63) is 49.3 Å². The first-order valence-corrected chi connectivity index (χ1v) is 15.8. The van der Waals surface area contributed by atoms with Gasteiger partial charge >= 0.3 is 0 Å². The molecule has 216 valence electrons. The van der Waals surface area contributed by atoms with Gasteiger partial charge in [0, 0.05) is 31.7 Å². The average molecular weight is 570 g/mol. The third-order valence-corrected chi connectivity index (χ3v) is 11.2. The van der Waals surface area contributed by atoms with Gasteiger partial charge in [-0.25, -0.2) is 12.7 Å². The number of carbonyl (C=O) groups excluding carboxylic acids is 1. The molecular weight excluding hydrogens is 530 g/mol. The van der Waals surface area contributed by atoms with Crippen LogP contribution in [0.25, 0.3) is 0 Å². The third-order valence-electron chi connectivity index (χ3n) is 9.28. The van der Waals surface area contributed by atoms with E-state index in [9.17, 15) is 22.8 Å². The summed E-state index contributed by atoms with van der Waals surface area (Å²) >= 11 is 0. The van der Waals surface area contributed by atoms with Crippen molar-refractivity contribution < 1.29 is 13.2 Å². The second-order valence-corrected chi connectivity index (χ2v) is 14.0. The van der Waals surface area contributed by atoms with Crippen molar-refractivity contribution in [1.29, 1.82) is 0 Å². The van der Waals surface area contributed by atoms with E-state index in [4.69, 9.17) is 10.7 Å². The van der Waals surface area contributed by atoms with Gasteiger partial charge in [-0.2, -0.15) is 0 Å². The number of nitrogens with two attached hydrogens (primary N) is 1. The number of nitrogens with one attached hydrogen (secondary N) is 1. The van der Waals surface area contributed by atoms with Crippen molar-refractivity contribution in [3.63, 3.8) is 0 Å². The van der Waals surface area contributed by atoms with Crippen molar-refractivity contribution in [3.8, 4) is 0 Å². The fraction of sp³-hybridized carbons (Fsp3) is 0.586. The number of nitrogens with zero attached hydrogens (tertiary/aromatic N) is 3. The van der Waals surface area contributed by atoms with Crippen molar-refractivity contribution >= 4 is 38.8 Å². The summed E-state index contributed by atoms with van der Waals surface area (Å²) in [5.41, 5.74) is 7.19. The zero-order chi connectivity index (χ0) is 29.0. The molecule has 1 spiro atoms. The highest BCUT2D eigenvalue weighted by Crippen LogP contribution is 2.36. The largest absolute Gasteiger partial charge is 0.394 e. The van der Waals surface area contributed by atoms with Crippen LogP contribution in [0.2, 0.25) is 0 Å². The summed E-state index contributed by atoms with van der Waals surface area (Å²) in [6.45, 7) is 6.63. The Labute approximate surface area is 235 Å². The minimum absolute atomic E-state index is 0.0388. The van der Waals surface area contributed by atoms with E-state index in [-0.39, 0.29) is 36.1 Å². The molecule has 1 aliphatic carbocycles. The Hall–Kier alpha value is -3.05. The number of hydrogen-bond acceptors (Lipinski definition) is 8. The number of anilines is 3. The topological polar surface area (TPSA) is 142 Å². The van der Waals surface area contributed by atoms with Crippen molar-refractivity contribution in [2.45, 2.75) is 71.3 Å². The molecule has 0 bridgehead atoms. The predicted octanol–water partition coefficient (Wildman–Crippen LogP) is 2.31. The SMILES string of the molecule is Cc1cc(N(C)c2c(N)c(=O)c2=O)cc(C)c1CCS(=O)(=O)N1CCC2(CC1)N=C(C1CCC(C)CC1)NC2=O. The first-order chi connectivity index (χ1) is 18.8. The maximum Gasteiger partial charge on any atom is 0.253 e. The molecule has 11 heteroatoms. The van der Waals surface area contributed by atoms with E-state index in [2.05, 4.69) is 12.2 Å². The molecule has 0 atom stereocenters. The maximum atomic E-state index is 13.3. The number of amides is 1. The molecule has 2 fully saturated rings. The van der Waals surface area contributed by atoms with Crippen LogP contribution in [-0.2, 0) is 21.2 Å². The summed E-state index contributed by atoms with van der Waals surface area (Å²) in [6, 6.07) is 3.74. The summed E-state index contributed by atoms with van der Waals surface area (Å²) < 4.78 is 28.1. The van der Waals surface area contributed by atoms with Gasteiger partial charge < -0.3 is 16.0 Å². The monoisotopic (exact) mass is 569 g/mol. The van der Waals surface area contributed by atoms with E-state index in [0.29, 0.717) is 36.8 Å². The first kappa shape index (κ1) is 28.5. The van der Waals surface area contributed by atoms with Gasteiger partial charge in [-0.15, -0.1) is 0 Å². The number of nitrogen functional groups attached to an aromatic ring is 1. The smallest absolute Gasteiger partial charge is 0.253 e. The van der Waals surface area contributed by atoms with Gasteiger partial charge in [0.2, 0.25) is 10.0 Å². The molecule has 2 heterocycles. The van der Waals surface area contributed by atoms with Crippen molar-refractivity contribution in [2.24, 2.45) is 16.8 Å². The summed E-state index contributed by atoms with van der Waals surface area (Å²) in [7, 11) is -1.86. The predicted molar refractivity (Wildman–Crippen MR) is 157 cm³/mol. The minimum atomic E-state index is -3.54. The van der Waals surface area contributed by atoms with Crippen LogP contribution < -0.4 is 26.8 Å². The summed E-state index contributed by atoms with van der Waals surface area (Å²) in [5.74, 6) is 1.69. The molecule has 0 unspecified atom stereocenters. The molecule has 2 aliphatic heterocycles. The lowest BCUT2D eigenvalue weighted by Gasteiger charge is -2.34. The van der Waals surface area contributed by atoms with Crippen LogP contribution in [0.4, 0.5) is 17.1 Å². The van der Waals surface area contributed by atoms with E-state index in [1.807, 2.05) is 26.0 Å². The molecular formula is C29H39N5O5S. The summed E-state index contributed by atoms with van der Waals surface area (Å²) in [6.07, 6.45) is 5.49. The van der Waals surface area contributed by atoms with Gasteiger partial charge in [-0.1, -0.05) is 19.8 Å². The maximum absolute atomic E-state index is 13.3. The summed E-state index contributed by atoms with van der Waals surface area (Å²) in [4.78, 5) is 42.9. The molecule has 0 aromatic heterocycles. The highest BCUT2D eigenvalue weighted by molar-refractivity contribution is 7.89. The number of aryl methyl sites for hydroxylation is 2. The van der Waals surface area contributed by atoms with Crippen LogP contribution in [0.15, 0.2) is 26.7 Å². The molecule has 5 rings (SSSR count). The molecule has 1 saturated carbocycles. The van der Waals surface area contributed by atoms with Crippen LogP contribution >= 0.6 is 0 Å². The van der Waals surface area contributed by atoms with E-state index in [1.54, 1.807) is 11.9 Å². The lowest BCUT2D eigenvalue weighted by atomic mass is 9.82. The number of rotatable bonds is 7. The highest BCUT2D eigenvalue weighted by atomic mass is 32.2. The Bertz CT molecular complexity index is 1520. The quantitative estimate of drug-likeness (QED) is 0.487. The molecule has 1 saturated heterocycles. The number of piperidine rings is 1. The van der Waals surface area contributed by atoms with Gasteiger partial charge in [0.25, 0.3) is 16.8 Å². The zero-order valence-electron chi connectivity index (χ0n) is 23.7. The van der Waals surface area contributed by atoms with Crippen LogP contribution in [0.5, 0.6) is 0 Å². The van der Waals surface area contributed by atoms with Crippen LogP contribution in [-0.4, -0.2) is 55.9 Å². The Balaban J connectivity index is 1.22. The minimum Gasteiger partial charge on any atom is -0.394 e. The fourth-order valence-electron chi connectivity index (χ4n) is 6.52. The second kappa shape index (κ2) is 10.4.